The average molecular weight is 279 g/mol. The van der Waals surface area contributed by atoms with Crippen molar-refractivity contribution in [3.8, 4) is 0 Å². The number of amides is 1. The minimum absolute atomic E-state index is 0.0439. The number of methoxy groups -OCH3 is 1. The third-order valence-electron chi connectivity index (χ3n) is 3.24. The van der Waals surface area contributed by atoms with Gasteiger partial charge < -0.3 is 20.1 Å². The van der Waals surface area contributed by atoms with E-state index in [4.69, 9.17) is 15.2 Å². The maximum Gasteiger partial charge on any atom is 0.252 e. The number of nitrogens with zero attached hydrogens (tertiary/aromatic N) is 2. The van der Waals surface area contributed by atoms with E-state index < -0.39 is 5.91 Å². The Hall–Kier alpha value is -1.66. The van der Waals surface area contributed by atoms with Crippen LogP contribution < -0.4 is 10.6 Å². The maximum atomic E-state index is 11.5. The minimum atomic E-state index is -0.472. The van der Waals surface area contributed by atoms with Crippen molar-refractivity contribution in [1.29, 1.82) is 0 Å². The molecule has 1 aliphatic rings. The highest BCUT2D eigenvalue weighted by molar-refractivity contribution is 5.98. The first-order valence-electron chi connectivity index (χ1n) is 6.58. The molecule has 0 aromatic carbocycles. The van der Waals surface area contributed by atoms with Crippen molar-refractivity contribution in [2.75, 3.05) is 31.7 Å². The molecule has 2 N–H and O–H groups in total. The Bertz CT molecular complexity index is 490. The van der Waals surface area contributed by atoms with Gasteiger partial charge in [-0.1, -0.05) is 0 Å². The number of rotatable bonds is 4. The molecule has 1 atom stereocenters. The van der Waals surface area contributed by atoms with Crippen LogP contribution in [0.3, 0.4) is 0 Å². The summed E-state index contributed by atoms with van der Waals surface area (Å²) in [6.07, 6.45) is 3.12. The van der Waals surface area contributed by atoms with Crippen molar-refractivity contribution in [2.24, 2.45) is 5.73 Å². The summed E-state index contributed by atoms with van der Waals surface area (Å²) in [5.74, 6) is -0.472. The van der Waals surface area contributed by atoms with E-state index in [9.17, 15) is 4.79 Å². The van der Waals surface area contributed by atoms with Gasteiger partial charge in [-0.2, -0.15) is 0 Å². The number of anilines is 1. The van der Waals surface area contributed by atoms with E-state index >= 15 is 0 Å². The molecule has 6 nitrogen and oxygen atoms in total. The quantitative estimate of drug-likeness (QED) is 0.882. The van der Waals surface area contributed by atoms with Crippen LogP contribution in [-0.4, -0.2) is 49.4 Å². The molecular weight excluding hydrogens is 258 g/mol. The van der Waals surface area contributed by atoms with Crippen LogP contribution in [0.2, 0.25) is 0 Å². The number of pyridine rings is 1. The zero-order chi connectivity index (χ0) is 14.8. The molecule has 1 saturated heterocycles. The Morgan fingerprint density at radius 3 is 3.05 bits per heavy atom. The van der Waals surface area contributed by atoms with E-state index in [1.807, 2.05) is 19.9 Å². The topological polar surface area (TPSA) is 77.7 Å². The van der Waals surface area contributed by atoms with E-state index in [1.165, 1.54) is 6.20 Å². The minimum Gasteiger partial charge on any atom is -0.382 e. The molecule has 6 heteroatoms. The van der Waals surface area contributed by atoms with Crippen LogP contribution in [0.1, 0.15) is 24.2 Å². The summed E-state index contributed by atoms with van der Waals surface area (Å²) in [5, 5.41) is 0. The largest absolute Gasteiger partial charge is 0.382 e. The van der Waals surface area contributed by atoms with E-state index in [2.05, 4.69) is 9.88 Å². The van der Waals surface area contributed by atoms with Gasteiger partial charge in [-0.25, -0.2) is 0 Å². The molecule has 0 radical (unpaired) electrons. The van der Waals surface area contributed by atoms with Gasteiger partial charge in [-0.05, 0) is 19.9 Å². The highest BCUT2D eigenvalue weighted by Gasteiger charge is 2.34. The first kappa shape index (κ1) is 14.7. The third kappa shape index (κ3) is 3.26. The number of nitrogens with two attached hydrogens (primary N) is 1. The highest BCUT2D eigenvalue weighted by Crippen LogP contribution is 2.28. The summed E-state index contributed by atoms with van der Waals surface area (Å²) in [5.41, 5.74) is 6.33. The number of morpholine rings is 1. The van der Waals surface area contributed by atoms with Gasteiger partial charge in [-0.15, -0.1) is 0 Å². The van der Waals surface area contributed by atoms with Gasteiger partial charge >= 0.3 is 0 Å². The van der Waals surface area contributed by atoms with Gasteiger partial charge in [0.2, 0.25) is 0 Å². The molecule has 1 unspecified atom stereocenters. The summed E-state index contributed by atoms with van der Waals surface area (Å²) >= 11 is 0. The fourth-order valence-electron chi connectivity index (χ4n) is 2.60. The highest BCUT2D eigenvalue weighted by atomic mass is 16.5. The Kier molecular flexibility index (Phi) is 4.25. The molecule has 0 spiro atoms. The summed E-state index contributed by atoms with van der Waals surface area (Å²) in [6.45, 7) is 5.88. The van der Waals surface area contributed by atoms with Crippen molar-refractivity contribution in [2.45, 2.75) is 25.6 Å². The second-order valence-electron chi connectivity index (χ2n) is 5.59. The number of ether oxygens (including phenoxy) is 2. The SMILES string of the molecule is COCC1CN(c2ccncc2C(N)=O)CC(C)(C)O1. The second kappa shape index (κ2) is 5.76. The standard InChI is InChI=1S/C14H21N3O3/c1-14(2)9-17(7-10(20-14)8-19-3)12-4-5-16-6-11(12)13(15)18/h4-6,10H,7-9H2,1-3H3,(H2,15,18). The number of carbonyl (C=O) groups is 1. The molecule has 2 rings (SSSR count). The number of aromatic nitrogens is 1. The van der Waals surface area contributed by atoms with Crippen molar-refractivity contribution < 1.29 is 14.3 Å². The normalized spacial score (nSPS) is 21.8. The Morgan fingerprint density at radius 2 is 2.40 bits per heavy atom. The monoisotopic (exact) mass is 279 g/mol. The lowest BCUT2D eigenvalue weighted by Gasteiger charge is -2.44. The molecule has 1 fully saturated rings. The van der Waals surface area contributed by atoms with Gasteiger partial charge in [0, 0.05) is 32.6 Å². The molecule has 0 aliphatic carbocycles. The third-order valence-corrected chi connectivity index (χ3v) is 3.24. The molecule has 0 bridgehead atoms. The van der Waals surface area contributed by atoms with Crippen LogP contribution in [-0.2, 0) is 9.47 Å². The van der Waals surface area contributed by atoms with Gasteiger partial charge in [-0.3, -0.25) is 9.78 Å². The van der Waals surface area contributed by atoms with Gasteiger partial charge in [0.25, 0.3) is 5.91 Å². The molecule has 2 heterocycles. The lowest BCUT2D eigenvalue weighted by molar-refractivity contribution is -0.106. The lowest BCUT2D eigenvalue weighted by Crippen LogP contribution is -2.54. The number of hydrogen-bond acceptors (Lipinski definition) is 5. The summed E-state index contributed by atoms with van der Waals surface area (Å²) in [7, 11) is 1.65. The number of hydrogen-bond donors (Lipinski definition) is 1. The van der Waals surface area contributed by atoms with Crippen molar-refractivity contribution in [3.63, 3.8) is 0 Å². The number of carbonyl (C=O) groups excluding carboxylic acids is 1. The van der Waals surface area contributed by atoms with E-state index in [0.717, 1.165) is 5.69 Å². The van der Waals surface area contributed by atoms with E-state index in [0.29, 0.717) is 25.3 Å². The zero-order valence-corrected chi connectivity index (χ0v) is 12.1. The fraction of sp³-hybridized carbons (Fsp3) is 0.571. The summed E-state index contributed by atoms with van der Waals surface area (Å²) in [6, 6.07) is 1.81. The molecule has 1 aromatic heterocycles. The van der Waals surface area contributed by atoms with Crippen LogP contribution in [0.25, 0.3) is 0 Å². The molecular formula is C14H21N3O3. The fourth-order valence-corrected chi connectivity index (χ4v) is 2.60. The van der Waals surface area contributed by atoms with Gasteiger partial charge in [0.15, 0.2) is 0 Å². The van der Waals surface area contributed by atoms with Crippen molar-refractivity contribution in [1.82, 2.24) is 4.98 Å². The van der Waals surface area contributed by atoms with Gasteiger partial charge in [0.05, 0.1) is 29.6 Å². The second-order valence-corrected chi connectivity index (χ2v) is 5.59. The van der Waals surface area contributed by atoms with Crippen LogP contribution in [0.4, 0.5) is 5.69 Å². The zero-order valence-electron chi connectivity index (χ0n) is 12.1. The van der Waals surface area contributed by atoms with E-state index in [-0.39, 0.29) is 11.7 Å². The molecule has 0 saturated carbocycles. The van der Waals surface area contributed by atoms with Crippen molar-refractivity contribution >= 4 is 11.6 Å². The lowest BCUT2D eigenvalue weighted by atomic mass is 10.0. The van der Waals surface area contributed by atoms with Crippen LogP contribution >= 0.6 is 0 Å². The first-order chi connectivity index (χ1) is 9.43. The Balaban J connectivity index is 2.29. The predicted octanol–water partition coefficient (Wildman–Crippen LogP) is 0.811. The van der Waals surface area contributed by atoms with Crippen molar-refractivity contribution in [3.05, 3.63) is 24.0 Å². The average Bonchev–Trinajstić information content (AvgIpc) is 2.37. The van der Waals surface area contributed by atoms with Crippen LogP contribution in [0, 0.1) is 0 Å². The van der Waals surface area contributed by atoms with Crippen LogP contribution in [0.15, 0.2) is 18.5 Å². The number of primary amides is 1. The molecule has 1 amide bonds. The van der Waals surface area contributed by atoms with Gasteiger partial charge in [0.1, 0.15) is 0 Å². The van der Waals surface area contributed by atoms with E-state index in [1.54, 1.807) is 13.3 Å². The smallest absolute Gasteiger partial charge is 0.252 e. The molecule has 20 heavy (non-hydrogen) atoms. The summed E-state index contributed by atoms with van der Waals surface area (Å²) < 4.78 is 11.1. The van der Waals surface area contributed by atoms with Crippen LogP contribution in [0.5, 0.6) is 0 Å². The summed E-state index contributed by atoms with van der Waals surface area (Å²) in [4.78, 5) is 17.6. The molecule has 1 aliphatic heterocycles. The Morgan fingerprint density at radius 1 is 1.65 bits per heavy atom. The molecule has 110 valence electrons. The predicted molar refractivity (Wildman–Crippen MR) is 75.8 cm³/mol. The Labute approximate surface area is 118 Å². The first-order valence-corrected chi connectivity index (χ1v) is 6.58. The maximum absolute atomic E-state index is 11.5. The molecule has 1 aromatic rings.